The number of hydrogen-bond donors (Lipinski definition) is 3. The van der Waals surface area contributed by atoms with E-state index >= 15 is 0 Å². The van der Waals surface area contributed by atoms with E-state index in [0.29, 0.717) is 11.5 Å². The van der Waals surface area contributed by atoms with Crippen LogP contribution < -0.4 is 20.5 Å². The minimum atomic E-state index is -0.979. The highest BCUT2D eigenvalue weighted by Gasteiger charge is 2.15. The lowest BCUT2D eigenvalue weighted by atomic mass is 10.1. The Labute approximate surface area is 123 Å². The summed E-state index contributed by atoms with van der Waals surface area (Å²) in [5.41, 5.74) is 6.37. The van der Waals surface area contributed by atoms with Crippen LogP contribution in [0.15, 0.2) is 18.2 Å². The molecule has 0 aliphatic carbocycles. The van der Waals surface area contributed by atoms with Crippen molar-refractivity contribution in [3.05, 3.63) is 23.8 Å². The van der Waals surface area contributed by atoms with Crippen molar-refractivity contribution in [1.82, 2.24) is 5.32 Å². The molecule has 7 nitrogen and oxygen atoms in total. The van der Waals surface area contributed by atoms with Crippen molar-refractivity contribution in [2.24, 2.45) is 5.73 Å². The molecule has 0 spiro atoms. The zero-order valence-electron chi connectivity index (χ0n) is 12.1. The zero-order valence-corrected chi connectivity index (χ0v) is 12.1. The van der Waals surface area contributed by atoms with Gasteiger partial charge in [-0.1, -0.05) is 0 Å². The number of carboxylic acids is 1. The van der Waals surface area contributed by atoms with Gasteiger partial charge in [0.2, 0.25) is 5.91 Å². The number of nitrogens with two attached hydrogens (primary N) is 1. The maximum atomic E-state index is 11.8. The predicted octanol–water partition coefficient (Wildman–Crippen LogP) is 0.512. The van der Waals surface area contributed by atoms with Crippen LogP contribution in [-0.2, 0) is 16.1 Å². The summed E-state index contributed by atoms with van der Waals surface area (Å²) in [5, 5.41) is 11.2. The van der Waals surface area contributed by atoms with Gasteiger partial charge in [0.15, 0.2) is 0 Å². The Balaban J connectivity index is 2.61. The van der Waals surface area contributed by atoms with E-state index in [0.717, 1.165) is 5.56 Å². The second kappa shape index (κ2) is 8.11. The molecule has 1 aromatic rings. The van der Waals surface area contributed by atoms with Gasteiger partial charge in [-0.3, -0.25) is 9.59 Å². The summed E-state index contributed by atoms with van der Waals surface area (Å²) in [7, 11) is 3.08. The van der Waals surface area contributed by atoms with Crippen LogP contribution in [0.2, 0.25) is 0 Å². The average Bonchev–Trinajstić information content (AvgIpc) is 2.49. The highest BCUT2D eigenvalue weighted by Crippen LogP contribution is 2.23. The molecule has 1 rings (SSSR count). The van der Waals surface area contributed by atoms with Gasteiger partial charge in [-0.05, 0) is 24.6 Å². The van der Waals surface area contributed by atoms with Gasteiger partial charge in [0.05, 0.1) is 20.3 Å². The average molecular weight is 296 g/mol. The number of nitrogens with one attached hydrogen (secondary N) is 1. The van der Waals surface area contributed by atoms with Gasteiger partial charge in [0.25, 0.3) is 0 Å². The van der Waals surface area contributed by atoms with Gasteiger partial charge in [-0.2, -0.15) is 0 Å². The molecule has 0 aliphatic heterocycles. The number of carboxylic acid groups (broad SMARTS) is 1. The molecule has 21 heavy (non-hydrogen) atoms. The molecule has 4 N–H and O–H groups in total. The molecule has 1 amide bonds. The highest BCUT2D eigenvalue weighted by atomic mass is 16.5. The topological polar surface area (TPSA) is 111 Å². The van der Waals surface area contributed by atoms with Crippen LogP contribution in [0.4, 0.5) is 0 Å². The van der Waals surface area contributed by atoms with Gasteiger partial charge >= 0.3 is 5.97 Å². The van der Waals surface area contributed by atoms with Crippen molar-refractivity contribution in [1.29, 1.82) is 0 Å². The Morgan fingerprint density at radius 3 is 2.62 bits per heavy atom. The van der Waals surface area contributed by atoms with Crippen LogP contribution in [0.5, 0.6) is 11.5 Å². The van der Waals surface area contributed by atoms with Gasteiger partial charge in [-0.15, -0.1) is 0 Å². The van der Waals surface area contributed by atoms with Crippen LogP contribution >= 0.6 is 0 Å². The second-order valence-electron chi connectivity index (χ2n) is 4.43. The van der Waals surface area contributed by atoms with E-state index in [4.69, 9.17) is 20.3 Å². The van der Waals surface area contributed by atoms with Crippen LogP contribution in [-0.4, -0.2) is 37.2 Å². The van der Waals surface area contributed by atoms with Crippen LogP contribution in [0.1, 0.15) is 18.4 Å². The number of aliphatic carboxylic acids is 1. The molecule has 0 bridgehead atoms. The monoisotopic (exact) mass is 296 g/mol. The highest BCUT2D eigenvalue weighted by molar-refractivity contribution is 5.82. The molecule has 0 saturated heterocycles. The quantitative estimate of drug-likeness (QED) is 0.644. The molecule has 1 aromatic carbocycles. The normalized spacial score (nSPS) is 11.6. The van der Waals surface area contributed by atoms with Crippen molar-refractivity contribution in [3.63, 3.8) is 0 Å². The number of rotatable bonds is 8. The Bertz CT molecular complexity index is 504. The molecule has 0 radical (unpaired) electrons. The van der Waals surface area contributed by atoms with Crippen molar-refractivity contribution in [3.8, 4) is 11.5 Å². The standard InChI is InChI=1S/C14H20N2O5/c1-20-10-3-5-12(21-2)9(7-10)8-16-14(19)11(15)4-6-13(17)18/h3,5,7,11H,4,6,8,15H2,1-2H3,(H,16,19)(H,17,18). The second-order valence-corrected chi connectivity index (χ2v) is 4.43. The minimum absolute atomic E-state index is 0.0937. The first kappa shape index (κ1) is 16.8. The summed E-state index contributed by atoms with van der Waals surface area (Å²) in [5.74, 6) is -0.112. The van der Waals surface area contributed by atoms with E-state index in [1.807, 2.05) is 0 Å². The summed E-state index contributed by atoms with van der Waals surface area (Å²) in [6.45, 7) is 0.222. The number of carbonyl (C=O) groups excluding carboxylic acids is 1. The number of amides is 1. The van der Waals surface area contributed by atoms with Crippen molar-refractivity contribution in [2.75, 3.05) is 14.2 Å². The molecule has 0 aromatic heterocycles. The fourth-order valence-electron chi connectivity index (χ4n) is 1.74. The van der Waals surface area contributed by atoms with E-state index in [1.54, 1.807) is 25.3 Å². The summed E-state index contributed by atoms with van der Waals surface area (Å²) in [6.07, 6.45) is -0.0481. The maximum Gasteiger partial charge on any atom is 0.303 e. The molecule has 116 valence electrons. The van der Waals surface area contributed by atoms with Crippen molar-refractivity contribution < 1.29 is 24.2 Å². The Kier molecular flexibility index (Phi) is 6.48. The molecular weight excluding hydrogens is 276 g/mol. The molecule has 0 fully saturated rings. The first-order valence-electron chi connectivity index (χ1n) is 6.44. The van der Waals surface area contributed by atoms with E-state index in [2.05, 4.69) is 5.32 Å². The molecule has 7 heteroatoms. The molecule has 1 atom stereocenters. The molecule has 0 aliphatic rings. The summed E-state index contributed by atoms with van der Waals surface area (Å²) in [4.78, 5) is 22.2. The number of methoxy groups -OCH3 is 2. The lowest BCUT2D eigenvalue weighted by Crippen LogP contribution is -2.40. The van der Waals surface area contributed by atoms with E-state index in [-0.39, 0.29) is 19.4 Å². The lowest BCUT2D eigenvalue weighted by Gasteiger charge is -2.14. The largest absolute Gasteiger partial charge is 0.497 e. The van der Waals surface area contributed by atoms with Gasteiger partial charge < -0.3 is 25.6 Å². The predicted molar refractivity (Wildman–Crippen MR) is 76.2 cm³/mol. The molecule has 0 saturated carbocycles. The van der Waals surface area contributed by atoms with Crippen LogP contribution in [0.3, 0.4) is 0 Å². The van der Waals surface area contributed by atoms with Gasteiger partial charge in [0, 0.05) is 18.5 Å². The zero-order chi connectivity index (χ0) is 15.8. The Morgan fingerprint density at radius 1 is 1.33 bits per heavy atom. The first-order valence-corrected chi connectivity index (χ1v) is 6.44. The maximum absolute atomic E-state index is 11.8. The third-order valence-electron chi connectivity index (χ3n) is 2.95. The first-order chi connectivity index (χ1) is 9.97. The number of benzene rings is 1. The molecular formula is C14H20N2O5. The number of hydrogen-bond acceptors (Lipinski definition) is 5. The summed E-state index contributed by atoms with van der Waals surface area (Å²) < 4.78 is 10.3. The minimum Gasteiger partial charge on any atom is -0.497 e. The van der Waals surface area contributed by atoms with E-state index < -0.39 is 17.9 Å². The molecule has 0 heterocycles. The number of carbonyl (C=O) groups is 2. The van der Waals surface area contributed by atoms with E-state index in [9.17, 15) is 9.59 Å². The third-order valence-corrected chi connectivity index (χ3v) is 2.95. The van der Waals surface area contributed by atoms with Crippen LogP contribution in [0.25, 0.3) is 0 Å². The van der Waals surface area contributed by atoms with Gasteiger partial charge in [-0.25, -0.2) is 0 Å². The molecule has 1 unspecified atom stereocenters. The fraction of sp³-hybridized carbons (Fsp3) is 0.429. The Morgan fingerprint density at radius 2 is 2.05 bits per heavy atom. The number of ether oxygens (including phenoxy) is 2. The SMILES string of the molecule is COc1ccc(OC)c(CNC(=O)C(N)CCC(=O)O)c1. The smallest absolute Gasteiger partial charge is 0.303 e. The summed E-state index contributed by atoms with van der Waals surface area (Å²) >= 11 is 0. The van der Waals surface area contributed by atoms with E-state index in [1.165, 1.54) is 7.11 Å². The fourth-order valence-corrected chi connectivity index (χ4v) is 1.74. The summed E-state index contributed by atoms with van der Waals surface area (Å²) in [6, 6.07) is 4.40. The van der Waals surface area contributed by atoms with Crippen molar-refractivity contribution in [2.45, 2.75) is 25.4 Å². The van der Waals surface area contributed by atoms with Gasteiger partial charge in [0.1, 0.15) is 11.5 Å². The van der Waals surface area contributed by atoms with Crippen molar-refractivity contribution >= 4 is 11.9 Å². The Hall–Kier alpha value is -2.28. The third kappa shape index (κ3) is 5.31. The lowest BCUT2D eigenvalue weighted by molar-refractivity contribution is -0.137. The van der Waals surface area contributed by atoms with Crippen LogP contribution in [0, 0.1) is 0 Å².